The largest absolute Gasteiger partial charge is 0.356 e. The Labute approximate surface area is 161 Å². The van der Waals surface area contributed by atoms with Gasteiger partial charge in [-0.05, 0) is 35.6 Å². The van der Waals surface area contributed by atoms with Gasteiger partial charge in [-0.3, -0.25) is 14.5 Å². The zero-order valence-corrected chi connectivity index (χ0v) is 16.0. The minimum absolute atomic E-state index is 0.0326. The number of nitrogens with one attached hydrogen (secondary N) is 2. The third-order valence-corrected chi connectivity index (χ3v) is 4.99. The molecule has 0 saturated heterocycles. The van der Waals surface area contributed by atoms with Crippen LogP contribution in [0.4, 0.5) is 0 Å². The number of benzene rings is 2. The molecule has 1 aliphatic rings. The lowest BCUT2D eigenvalue weighted by Crippen LogP contribution is -2.33. The van der Waals surface area contributed by atoms with Crippen molar-refractivity contribution in [3.63, 3.8) is 0 Å². The lowest BCUT2D eigenvalue weighted by atomic mass is 10.0. The monoisotopic (exact) mass is 367 g/mol. The summed E-state index contributed by atoms with van der Waals surface area (Å²) < 4.78 is 0. The lowest BCUT2D eigenvalue weighted by molar-refractivity contribution is -0.121. The maximum Gasteiger partial charge on any atom is 0.221 e. The molecule has 0 spiro atoms. The Morgan fingerprint density at radius 3 is 2.56 bits per heavy atom. The molecule has 0 aromatic heterocycles. The van der Waals surface area contributed by atoms with Crippen LogP contribution in [0.2, 0.25) is 0 Å². The molecule has 1 fully saturated rings. The average Bonchev–Trinajstić information content (AvgIpc) is 3.50. The van der Waals surface area contributed by atoms with E-state index in [1.165, 1.54) is 36.1 Å². The molecule has 0 aliphatic heterocycles. The second-order valence-electron chi connectivity index (χ2n) is 7.28. The summed E-state index contributed by atoms with van der Waals surface area (Å²) in [6, 6.07) is 15.5. The second kappa shape index (κ2) is 9.51. The molecule has 0 radical (unpaired) electrons. The van der Waals surface area contributed by atoms with Gasteiger partial charge in [0.1, 0.15) is 0 Å². The molecule has 2 aromatic carbocycles. The molecular formula is C22H29N3O2. The Balaban J connectivity index is 1.48. The summed E-state index contributed by atoms with van der Waals surface area (Å²) in [6.07, 6.45) is 3.72. The van der Waals surface area contributed by atoms with Crippen LogP contribution in [0.1, 0.15) is 38.2 Å². The summed E-state index contributed by atoms with van der Waals surface area (Å²) in [5.74, 6) is 0.0521. The van der Waals surface area contributed by atoms with Crippen LogP contribution in [0, 0.1) is 0 Å². The normalized spacial score (nSPS) is 13.7. The van der Waals surface area contributed by atoms with Crippen molar-refractivity contribution in [1.29, 1.82) is 0 Å². The van der Waals surface area contributed by atoms with Gasteiger partial charge in [0.15, 0.2) is 0 Å². The zero-order chi connectivity index (χ0) is 19.1. The van der Waals surface area contributed by atoms with E-state index in [0.717, 1.165) is 19.5 Å². The van der Waals surface area contributed by atoms with Gasteiger partial charge in [-0.2, -0.15) is 0 Å². The summed E-state index contributed by atoms with van der Waals surface area (Å²) in [5.41, 5.74) is 1.33. The number of fused-ring (bicyclic) bond motifs is 1. The van der Waals surface area contributed by atoms with Crippen molar-refractivity contribution in [3.05, 3.63) is 48.0 Å². The van der Waals surface area contributed by atoms with Crippen molar-refractivity contribution in [2.24, 2.45) is 0 Å². The number of rotatable bonds is 10. The lowest BCUT2D eigenvalue weighted by Gasteiger charge is -2.22. The van der Waals surface area contributed by atoms with Crippen LogP contribution >= 0.6 is 0 Å². The number of amides is 2. The van der Waals surface area contributed by atoms with E-state index in [9.17, 15) is 9.59 Å². The van der Waals surface area contributed by atoms with Crippen molar-refractivity contribution in [2.75, 3.05) is 19.6 Å². The minimum Gasteiger partial charge on any atom is -0.356 e. The fraction of sp³-hybridized carbons (Fsp3) is 0.455. The number of nitrogens with zero attached hydrogens (tertiary/aromatic N) is 1. The van der Waals surface area contributed by atoms with Crippen molar-refractivity contribution < 1.29 is 9.59 Å². The highest BCUT2D eigenvalue weighted by molar-refractivity contribution is 5.85. The third kappa shape index (κ3) is 6.07. The molecule has 3 rings (SSSR count). The van der Waals surface area contributed by atoms with E-state index in [0.29, 0.717) is 25.6 Å². The molecule has 27 heavy (non-hydrogen) atoms. The molecule has 5 nitrogen and oxygen atoms in total. The first-order chi connectivity index (χ1) is 13.1. The molecule has 1 saturated carbocycles. The fourth-order valence-corrected chi connectivity index (χ4v) is 3.39. The van der Waals surface area contributed by atoms with Crippen LogP contribution in [0.25, 0.3) is 10.8 Å². The summed E-state index contributed by atoms with van der Waals surface area (Å²) in [6.45, 7) is 4.38. The molecule has 5 heteroatoms. The Hall–Kier alpha value is -2.40. The van der Waals surface area contributed by atoms with Gasteiger partial charge < -0.3 is 10.6 Å². The van der Waals surface area contributed by atoms with E-state index < -0.39 is 0 Å². The Morgan fingerprint density at radius 1 is 1.04 bits per heavy atom. The highest BCUT2D eigenvalue weighted by atomic mass is 16.2. The van der Waals surface area contributed by atoms with Gasteiger partial charge >= 0.3 is 0 Å². The Morgan fingerprint density at radius 2 is 1.78 bits per heavy atom. The molecule has 0 unspecified atom stereocenters. The third-order valence-electron chi connectivity index (χ3n) is 4.99. The standard InChI is InChI=1S/C22H29N3O2/c1-17(26)23-13-5-14-24-22(27)12-15-25(20-10-11-20)16-19-8-4-7-18-6-2-3-9-21(18)19/h2-4,6-9,20H,5,10-16H2,1H3,(H,23,26)(H,24,27). The maximum absolute atomic E-state index is 12.1. The first-order valence-electron chi connectivity index (χ1n) is 9.85. The van der Waals surface area contributed by atoms with Gasteiger partial charge in [0, 0.05) is 45.6 Å². The topological polar surface area (TPSA) is 61.4 Å². The fourth-order valence-electron chi connectivity index (χ4n) is 3.39. The van der Waals surface area contributed by atoms with Crippen LogP contribution < -0.4 is 10.6 Å². The van der Waals surface area contributed by atoms with E-state index >= 15 is 0 Å². The molecule has 0 heterocycles. The van der Waals surface area contributed by atoms with E-state index in [1.54, 1.807) is 0 Å². The molecule has 2 amide bonds. The van der Waals surface area contributed by atoms with Crippen molar-refractivity contribution in [3.8, 4) is 0 Å². The van der Waals surface area contributed by atoms with Gasteiger partial charge in [-0.25, -0.2) is 0 Å². The van der Waals surface area contributed by atoms with Crippen LogP contribution in [0.3, 0.4) is 0 Å². The van der Waals surface area contributed by atoms with E-state index in [4.69, 9.17) is 0 Å². The number of hydrogen-bond acceptors (Lipinski definition) is 3. The maximum atomic E-state index is 12.1. The van der Waals surface area contributed by atoms with Gasteiger partial charge in [-0.1, -0.05) is 42.5 Å². The SMILES string of the molecule is CC(=O)NCCCNC(=O)CCN(Cc1cccc2ccccc12)C1CC1. The Bertz CT molecular complexity index is 781. The average molecular weight is 367 g/mol. The van der Waals surface area contributed by atoms with Crippen LogP contribution in [-0.2, 0) is 16.1 Å². The number of hydrogen-bond donors (Lipinski definition) is 2. The van der Waals surface area contributed by atoms with Crippen LogP contribution in [0.5, 0.6) is 0 Å². The van der Waals surface area contributed by atoms with Crippen molar-refractivity contribution in [1.82, 2.24) is 15.5 Å². The predicted octanol–water partition coefficient (Wildman–Crippen LogP) is 2.84. The highest BCUT2D eigenvalue weighted by Crippen LogP contribution is 2.30. The highest BCUT2D eigenvalue weighted by Gasteiger charge is 2.29. The zero-order valence-electron chi connectivity index (χ0n) is 16.0. The first-order valence-corrected chi connectivity index (χ1v) is 9.85. The number of carbonyl (C=O) groups excluding carboxylic acids is 2. The molecule has 0 atom stereocenters. The van der Waals surface area contributed by atoms with Crippen molar-refractivity contribution in [2.45, 2.75) is 45.2 Å². The number of carbonyl (C=O) groups is 2. The second-order valence-corrected chi connectivity index (χ2v) is 7.28. The first kappa shape index (κ1) is 19.4. The van der Waals surface area contributed by atoms with Gasteiger partial charge in [0.25, 0.3) is 0 Å². The molecule has 144 valence electrons. The molecule has 2 N–H and O–H groups in total. The van der Waals surface area contributed by atoms with Crippen LogP contribution in [-0.4, -0.2) is 42.4 Å². The predicted molar refractivity (Wildman–Crippen MR) is 108 cm³/mol. The summed E-state index contributed by atoms with van der Waals surface area (Å²) in [7, 11) is 0. The van der Waals surface area contributed by atoms with Gasteiger partial charge in [-0.15, -0.1) is 0 Å². The molecular weight excluding hydrogens is 338 g/mol. The molecule has 0 bridgehead atoms. The van der Waals surface area contributed by atoms with Crippen molar-refractivity contribution >= 4 is 22.6 Å². The van der Waals surface area contributed by atoms with Gasteiger partial charge in [0.05, 0.1) is 0 Å². The summed E-state index contributed by atoms with van der Waals surface area (Å²) in [5, 5.41) is 8.25. The Kier molecular flexibility index (Phi) is 6.82. The van der Waals surface area contributed by atoms with Crippen LogP contribution in [0.15, 0.2) is 42.5 Å². The molecule has 2 aromatic rings. The smallest absolute Gasteiger partial charge is 0.221 e. The van der Waals surface area contributed by atoms with E-state index in [-0.39, 0.29) is 11.8 Å². The van der Waals surface area contributed by atoms with Gasteiger partial charge in [0.2, 0.25) is 11.8 Å². The minimum atomic E-state index is -0.0326. The van der Waals surface area contributed by atoms with E-state index in [2.05, 4.69) is 58.0 Å². The summed E-state index contributed by atoms with van der Waals surface area (Å²) in [4.78, 5) is 25.4. The summed E-state index contributed by atoms with van der Waals surface area (Å²) >= 11 is 0. The quantitative estimate of drug-likeness (QED) is 0.635. The van der Waals surface area contributed by atoms with E-state index in [1.807, 2.05) is 0 Å². The molecule has 1 aliphatic carbocycles.